The summed E-state index contributed by atoms with van der Waals surface area (Å²) in [5.41, 5.74) is 7.89. The van der Waals surface area contributed by atoms with Crippen molar-refractivity contribution in [2.24, 2.45) is 0 Å². The van der Waals surface area contributed by atoms with E-state index in [-0.39, 0.29) is 12.1 Å². The highest BCUT2D eigenvalue weighted by Gasteiger charge is 2.46. The zero-order chi connectivity index (χ0) is 34.2. The standard InChI is InChI=1S/C45H35N/c1-2-36(22-15-17-33-30-32-16-9-10-23-38(32)40-25-12-11-24-39(33)40)46-37-28-29-42-41-26-13-14-27-43(41)45(44(42)31-37,34-18-5-3-6-19-34)35-20-7-4-8-21-35/h2-21,23-31,36,46H,1,22H2/b17-15+/i1D,2D,15D,22D/b2-1?,17-15+. The van der Waals surface area contributed by atoms with Gasteiger partial charge in [-0.15, -0.1) is 6.55 Å². The fraction of sp³-hybridized carbons (Fsp3) is 0.0667. The summed E-state index contributed by atoms with van der Waals surface area (Å²) in [6.07, 6.45) is 0.598. The van der Waals surface area contributed by atoms with Crippen molar-refractivity contribution in [1.29, 1.82) is 0 Å². The van der Waals surface area contributed by atoms with E-state index < -0.39 is 17.9 Å². The van der Waals surface area contributed by atoms with E-state index in [1.165, 1.54) is 11.1 Å². The molecule has 0 amide bonds. The number of benzene rings is 7. The first-order valence-corrected chi connectivity index (χ1v) is 15.7. The quantitative estimate of drug-likeness (QED) is 0.136. The third kappa shape index (κ3) is 4.55. The van der Waals surface area contributed by atoms with Crippen molar-refractivity contribution >= 4 is 33.3 Å². The minimum absolute atomic E-state index is 0.0611. The van der Waals surface area contributed by atoms with Crippen molar-refractivity contribution in [3.05, 3.63) is 204 Å². The SMILES string of the molecule is [2H]C=C([2H])C(Nc1ccc2c(c1)C(c1ccccc1)(c1ccccc1)c1ccccc1-2)C([2H])/C([2H])=C/c1cc2ccccc2c2ccccc12. The van der Waals surface area contributed by atoms with Crippen LogP contribution in [0.1, 0.15) is 39.7 Å². The Bertz CT molecular complexity index is 2380. The van der Waals surface area contributed by atoms with Gasteiger partial charge in [-0.25, -0.2) is 0 Å². The van der Waals surface area contributed by atoms with Crippen LogP contribution >= 0.6 is 0 Å². The fourth-order valence-corrected chi connectivity index (χ4v) is 7.28. The molecule has 0 aromatic heterocycles. The molecule has 1 heteroatoms. The smallest absolute Gasteiger partial charge is 0.0714 e. The van der Waals surface area contributed by atoms with Crippen LogP contribution in [0.25, 0.3) is 38.7 Å². The van der Waals surface area contributed by atoms with Gasteiger partial charge in [-0.05, 0) is 85.1 Å². The van der Waals surface area contributed by atoms with E-state index in [9.17, 15) is 1.37 Å². The van der Waals surface area contributed by atoms with Gasteiger partial charge in [0.15, 0.2) is 0 Å². The minimum Gasteiger partial charge on any atom is -0.379 e. The number of nitrogens with one attached hydrogen (secondary N) is 1. The van der Waals surface area contributed by atoms with Crippen LogP contribution in [0.3, 0.4) is 0 Å². The first-order valence-electron chi connectivity index (χ1n) is 17.8. The summed E-state index contributed by atoms with van der Waals surface area (Å²) in [4.78, 5) is 0. The van der Waals surface area contributed by atoms with E-state index in [4.69, 9.17) is 4.11 Å². The highest BCUT2D eigenvalue weighted by atomic mass is 14.9. The summed E-state index contributed by atoms with van der Waals surface area (Å²) in [5, 5.41) is 7.73. The highest BCUT2D eigenvalue weighted by Crippen LogP contribution is 2.56. The van der Waals surface area contributed by atoms with E-state index in [0.717, 1.165) is 61.6 Å². The lowest BCUT2D eigenvalue weighted by Crippen LogP contribution is -2.28. The van der Waals surface area contributed by atoms with Gasteiger partial charge < -0.3 is 5.32 Å². The lowest BCUT2D eigenvalue weighted by Gasteiger charge is -2.34. The van der Waals surface area contributed by atoms with E-state index in [0.29, 0.717) is 0 Å². The van der Waals surface area contributed by atoms with Crippen molar-refractivity contribution in [3.8, 4) is 11.1 Å². The molecule has 1 aliphatic carbocycles. The molecule has 1 N–H and O–H groups in total. The Morgan fingerprint density at radius 1 is 0.652 bits per heavy atom. The first kappa shape index (κ1) is 23.7. The van der Waals surface area contributed by atoms with Crippen LogP contribution in [0.2, 0.25) is 0 Å². The Labute approximate surface area is 276 Å². The van der Waals surface area contributed by atoms with Gasteiger partial charge in [0.2, 0.25) is 0 Å². The summed E-state index contributed by atoms with van der Waals surface area (Å²) in [7, 11) is 0. The number of anilines is 1. The van der Waals surface area contributed by atoms with E-state index in [2.05, 4.69) is 115 Å². The maximum Gasteiger partial charge on any atom is 0.0714 e. The van der Waals surface area contributed by atoms with Crippen LogP contribution in [-0.2, 0) is 5.41 Å². The number of fused-ring (bicyclic) bond motifs is 6. The van der Waals surface area contributed by atoms with Gasteiger partial charge in [-0.3, -0.25) is 0 Å². The predicted molar refractivity (Wildman–Crippen MR) is 196 cm³/mol. The van der Waals surface area contributed by atoms with Crippen molar-refractivity contribution < 1.29 is 5.48 Å². The Morgan fingerprint density at radius 2 is 1.28 bits per heavy atom. The molecule has 220 valence electrons. The Morgan fingerprint density at radius 3 is 2.04 bits per heavy atom. The third-order valence-electron chi connectivity index (χ3n) is 9.26. The molecule has 0 spiro atoms. The largest absolute Gasteiger partial charge is 0.379 e. The summed E-state index contributed by atoms with van der Waals surface area (Å²) in [6.45, 7) is 0.972. The molecule has 0 fully saturated rings. The number of rotatable bonds is 8. The van der Waals surface area contributed by atoms with E-state index in [1.54, 1.807) is 6.08 Å². The average Bonchev–Trinajstić information content (AvgIpc) is 3.47. The normalized spacial score (nSPS) is 16.4. The molecule has 0 radical (unpaired) electrons. The second-order valence-corrected chi connectivity index (χ2v) is 11.8. The molecular formula is C45H35N. The van der Waals surface area contributed by atoms with Crippen LogP contribution in [0.5, 0.6) is 0 Å². The average molecular weight is 594 g/mol. The van der Waals surface area contributed by atoms with Crippen LogP contribution in [0.15, 0.2) is 176 Å². The Balaban J connectivity index is 1.23. The molecule has 0 saturated carbocycles. The van der Waals surface area contributed by atoms with Crippen LogP contribution in [0.4, 0.5) is 5.69 Å². The van der Waals surface area contributed by atoms with Gasteiger partial charge in [0.25, 0.3) is 0 Å². The summed E-state index contributed by atoms with van der Waals surface area (Å²) < 4.78 is 35.2. The zero-order valence-corrected chi connectivity index (χ0v) is 25.3. The Kier molecular flexibility index (Phi) is 6.02. The molecule has 46 heavy (non-hydrogen) atoms. The number of hydrogen-bond acceptors (Lipinski definition) is 1. The molecule has 0 heterocycles. The minimum atomic E-state index is -1.15. The van der Waals surface area contributed by atoms with Crippen LogP contribution < -0.4 is 5.32 Å². The maximum absolute atomic E-state index is 9.28. The predicted octanol–water partition coefficient (Wildman–Crippen LogP) is 11.4. The molecule has 1 nitrogen and oxygen atoms in total. The topological polar surface area (TPSA) is 12.0 Å². The van der Waals surface area contributed by atoms with E-state index in [1.807, 2.05) is 48.5 Å². The molecule has 1 aliphatic rings. The third-order valence-corrected chi connectivity index (χ3v) is 9.26. The van der Waals surface area contributed by atoms with Gasteiger partial charge in [-0.1, -0.05) is 158 Å². The van der Waals surface area contributed by atoms with Gasteiger partial charge in [0.1, 0.15) is 0 Å². The molecule has 8 rings (SSSR count). The fourth-order valence-electron chi connectivity index (χ4n) is 7.28. The molecule has 0 aliphatic heterocycles. The van der Waals surface area contributed by atoms with Crippen molar-refractivity contribution in [1.82, 2.24) is 0 Å². The van der Waals surface area contributed by atoms with Gasteiger partial charge >= 0.3 is 0 Å². The van der Waals surface area contributed by atoms with E-state index >= 15 is 0 Å². The monoisotopic (exact) mass is 593 g/mol. The molecule has 0 bridgehead atoms. The van der Waals surface area contributed by atoms with Gasteiger partial charge in [-0.2, -0.15) is 0 Å². The second kappa shape index (κ2) is 11.7. The summed E-state index contributed by atoms with van der Waals surface area (Å²) in [5.74, 6) is 0. The lowest BCUT2D eigenvalue weighted by molar-refractivity contribution is 0.768. The maximum atomic E-state index is 9.28. The summed E-state index contributed by atoms with van der Waals surface area (Å²) in [6, 6.07) is 53.4. The Hall–Kier alpha value is -5.66. The van der Waals surface area contributed by atoms with Gasteiger partial charge in [0.05, 0.1) is 9.53 Å². The number of hydrogen-bond donors (Lipinski definition) is 1. The van der Waals surface area contributed by atoms with Crippen molar-refractivity contribution in [3.63, 3.8) is 0 Å². The highest BCUT2D eigenvalue weighted by molar-refractivity contribution is 6.10. The first-order chi connectivity index (χ1) is 24.5. The van der Waals surface area contributed by atoms with Crippen molar-refractivity contribution in [2.75, 3.05) is 5.32 Å². The zero-order valence-electron chi connectivity index (χ0n) is 29.3. The van der Waals surface area contributed by atoms with Gasteiger partial charge in [0, 0.05) is 13.1 Å². The molecule has 2 atom stereocenters. The van der Waals surface area contributed by atoms with Crippen molar-refractivity contribution in [2.45, 2.75) is 17.9 Å². The molecule has 0 saturated heterocycles. The molecule has 2 unspecified atom stereocenters. The molecular weight excluding hydrogens is 555 g/mol. The second-order valence-electron chi connectivity index (χ2n) is 11.8. The molecule has 7 aromatic carbocycles. The summed E-state index contributed by atoms with van der Waals surface area (Å²) >= 11 is 0. The van der Waals surface area contributed by atoms with Crippen LogP contribution in [0, 0.1) is 0 Å². The van der Waals surface area contributed by atoms with Crippen LogP contribution in [-0.4, -0.2) is 6.04 Å². The lowest BCUT2D eigenvalue weighted by atomic mass is 9.67. The molecule has 7 aromatic rings.